The summed E-state index contributed by atoms with van der Waals surface area (Å²) < 4.78 is 0. The van der Waals surface area contributed by atoms with Crippen LogP contribution in [-0.2, 0) is 17.3 Å². The molecule has 0 aromatic heterocycles. The Morgan fingerprint density at radius 3 is 1.77 bits per heavy atom. The van der Waals surface area contributed by atoms with E-state index in [1.54, 1.807) is 0 Å². The third kappa shape index (κ3) is 4.06. The van der Waals surface area contributed by atoms with E-state index in [-0.39, 0.29) is 10.8 Å². The first-order valence-electron chi connectivity index (χ1n) is 8.96. The van der Waals surface area contributed by atoms with Crippen molar-refractivity contribution >= 4 is 0 Å². The van der Waals surface area contributed by atoms with Crippen LogP contribution in [-0.4, -0.2) is 5.11 Å². The fourth-order valence-electron chi connectivity index (χ4n) is 3.65. The Morgan fingerprint density at radius 1 is 0.909 bits per heavy atom. The lowest BCUT2D eigenvalue weighted by molar-refractivity contribution is 0.422. The second-order valence-electron chi connectivity index (χ2n) is 9.23. The highest BCUT2D eigenvalue weighted by atomic mass is 16.3. The van der Waals surface area contributed by atoms with Crippen LogP contribution in [0.25, 0.3) is 0 Å². The molecule has 1 aromatic carbocycles. The Hall–Kier alpha value is -0.980. The van der Waals surface area contributed by atoms with Gasteiger partial charge >= 0.3 is 0 Å². The number of aromatic hydroxyl groups is 1. The molecule has 1 aromatic rings. The van der Waals surface area contributed by atoms with Crippen LogP contribution in [0.3, 0.4) is 0 Å². The number of phenolic OH excluding ortho intramolecular Hbond substituents is 1. The minimum absolute atomic E-state index is 0.0204. The van der Waals surface area contributed by atoms with E-state index >= 15 is 0 Å². The largest absolute Gasteiger partial charge is 0.507 e. The monoisotopic (exact) mass is 302 g/mol. The smallest absolute Gasteiger partial charge is 0.123 e. The van der Waals surface area contributed by atoms with Crippen molar-refractivity contribution in [3.05, 3.63) is 28.8 Å². The number of aryl methyl sites for hydroxylation is 1. The van der Waals surface area contributed by atoms with Gasteiger partial charge in [0.2, 0.25) is 0 Å². The molecule has 1 N–H and O–H groups in total. The van der Waals surface area contributed by atoms with Crippen LogP contribution >= 0.6 is 0 Å². The first-order valence-corrected chi connectivity index (χ1v) is 8.96. The van der Waals surface area contributed by atoms with Gasteiger partial charge in [-0.15, -0.1) is 0 Å². The normalized spacial score (nSPS) is 17.2. The van der Waals surface area contributed by atoms with Crippen LogP contribution in [0, 0.1) is 5.92 Å². The molecule has 0 radical (unpaired) electrons. The molecule has 0 atom stereocenters. The van der Waals surface area contributed by atoms with E-state index in [4.69, 9.17) is 0 Å². The average Bonchev–Trinajstić information content (AvgIpc) is 2.87. The quantitative estimate of drug-likeness (QED) is 0.714. The van der Waals surface area contributed by atoms with Gasteiger partial charge in [-0.25, -0.2) is 0 Å². The number of hydrogen-bond donors (Lipinski definition) is 1. The van der Waals surface area contributed by atoms with E-state index < -0.39 is 0 Å². The van der Waals surface area contributed by atoms with Crippen LogP contribution in [0.1, 0.15) is 90.3 Å². The lowest BCUT2D eigenvalue weighted by atomic mass is 9.78. The second kappa shape index (κ2) is 6.26. The first kappa shape index (κ1) is 17.4. The molecule has 1 aliphatic rings. The summed E-state index contributed by atoms with van der Waals surface area (Å²) in [5, 5.41) is 10.8. The van der Waals surface area contributed by atoms with Gasteiger partial charge < -0.3 is 5.11 Å². The van der Waals surface area contributed by atoms with E-state index in [1.807, 2.05) is 0 Å². The predicted molar refractivity (Wildman–Crippen MR) is 95.8 cm³/mol. The SMILES string of the molecule is CC(C)(C)c1cc(CCC2CCCC2)cc(C(C)(C)C)c1O. The van der Waals surface area contributed by atoms with Crippen LogP contribution < -0.4 is 0 Å². The lowest BCUT2D eigenvalue weighted by Gasteiger charge is -2.28. The zero-order chi connectivity index (χ0) is 16.5. The molecule has 0 bridgehead atoms. The van der Waals surface area contributed by atoms with Gasteiger partial charge in [-0.1, -0.05) is 79.4 Å². The summed E-state index contributed by atoms with van der Waals surface area (Å²) in [4.78, 5) is 0. The van der Waals surface area contributed by atoms with Gasteiger partial charge in [0, 0.05) is 0 Å². The molecule has 22 heavy (non-hydrogen) atoms. The van der Waals surface area contributed by atoms with Gasteiger partial charge in [0.25, 0.3) is 0 Å². The van der Waals surface area contributed by atoms with Crippen LogP contribution in [0.15, 0.2) is 12.1 Å². The van der Waals surface area contributed by atoms with Gasteiger partial charge in [0.15, 0.2) is 0 Å². The van der Waals surface area contributed by atoms with Crippen molar-refractivity contribution in [3.8, 4) is 5.75 Å². The highest BCUT2D eigenvalue weighted by Crippen LogP contribution is 2.40. The Labute approximate surface area is 137 Å². The molecule has 124 valence electrons. The standard InChI is InChI=1S/C21H34O/c1-20(2,3)17-13-16(12-11-15-9-7-8-10-15)14-18(19(17)22)21(4,5)6/h13-15,22H,7-12H2,1-6H3. The molecule has 0 aliphatic heterocycles. The number of benzene rings is 1. The fraction of sp³-hybridized carbons (Fsp3) is 0.714. The van der Waals surface area contributed by atoms with Crippen molar-refractivity contribution in [1.29, 1.82) is 0 Å². The van der Waals surface area contributed by atoms with E-state index in [0.29, 0.717) is 5.75 Å². The van der Waals surface area contributed by atoms with Gasteiger partial charge in [-0.2, -0.15) is 0 Å². The molecule has 2 rings (SSSR count). The molecular weight excluding hydrogens is 268 g/mol. The zero-order valence-electron chi connectivity index (χ0n) is 15.4. The molecule has 1 saturated carbocycles. The minimum atomic E-state index is -0.0204. The van der Waals surface area contributed by atoms with Crippen molar-refractivity contribution in [3.63, 3.8) is 0 Å². The first-order chi connectivity index (χ1) is 10.1. The van der Waals surface area contributed by atoms with Crippen LogP contribution in [0.4, 0.5) is 0 Å². The number of rotatable bonds is 3. The Morgan fingerprint density at radius 2 is 1.36 bits per heavy atom. The maximum atomic E-state index is 10.8. The Balaban J connectivity index is 2.32. The third-order valence-electron chi connectivity index (χ3n) is 5.10. The molecule has 0 spiro atoms. The predicted octanol–water partition coefficient (Wildman–Crippen LogP) is 6.11. The Kier molecular flexibility index (Phi) is 4.94. The fourth-order valence-corrected chi connectivity index (χ4v) is 3.65. The number of hydrogen-bond acceptors (Lipinski definition) is 1. The molecule has 1 aliphatic carbocycles. The van der Waals surface area contributed by atoms with Crippen molar-refractivity contribution in [1.82, 2.24) is 0 Å². The summed E-state index contributed by atoms with van der Waals surface area (Å²) in [5.74, 6) is 1.43. The van der Waals surface area contributed by atoms with E-state index in [1.165, 1.54) is 37.7 Å². The van der Waals surface area contributed by atoms with E-state index in [2.05, 4.69) is 53.7 Å². The molecule has 0 saturated heterocycles. The minimum Gasteiger partial charge on any atom is -0.507 e. The van der Waals surface area contributed by atoms with Crippen LogP contribution in [0.5, 0.6) is 5.75 Å². The number of phenols is 1. The highest BCUT2D eigenvalue weighted by Gasteiger charge is 2.26. The molecule has 1 fully saturated rings. The second-order valence-corrected chi connectivity index (χ2v) is 9.23. The van der Waals surface area contributed by atoms with E-state index in [0.717, 1.165) is 23.5 Å². The summed E-state index contributed by atoms with van der Waals surface area (Å²) in [6, 6.07) is 4.50. The van der Waals surface area contributed by atoms with Gasteiger partial charge in [-0.3, -0.25) is 0 Å². The van der Waals surface area contributed by atoms with Gasteiger partial charge in [-0.05, 0) is 46.3 Å². The summed E-state index contributed by atoms with van der Waals surface area (Å²) >= 11 is 0. The molecule has 0 unspecified atom stereocenters. The van der Waals surface area contributed by atoms with E-state index in [9.17, 15) is 5.11 Å². The molecular formula is C21H34O. The molecule has 1 heteroatoms. The van der Waals surface area contributed by atoms with Crippen molar-refractivity contribution < 1.29 is 5.11 Å². The Bertz CT molecular complexity index is 473. The van der Waals surface area contributed by atoms with Crippen molar-refractivity contribution in [2.75, 3.05) is 0 Å². The zero-order valence-corrected chi connectivity index (χ0v) is 15.4. The summed E-state index contributed by atoms with van der Waals surface area (Å²) in [6.45, 7) is 13.1. The summed E-state index contributed by atoms with van der Waals surface area (Å²) in [5.41, 5.74) is 3.56. The van der Waals surface area contributed by atoms with Gasteiger partial charge in [0.1, 0.15) is 5.75 Å². The summed E-state index contributed by atoms with van der Waals surface area (Å²) in [7, 11) is 0. The van der Waals surface area contributed by atoms with Crippen molar-refractivity contribution in [2.24, 2.45) is 5.92 Å². The van der Waals surface area contributed by atoms with Crippen molar-refractivity contribution in [2.45, 2.75) is 90.9 Å². The maximum absolute atomic E-state index is 10.8. The molecule has 0 heterocycles. The molecule has 0 amide bonds. The van der Waals surface area contributed by atoms with Crippen LogP contribution in [0.2, 0.25) is 0 Å². The lowest BCUT2D eigenvalue weighted by Crippen LogP contribution is -2.18. The van der Waals surface area contributed by atoms with Gasteiger partial charge in [0.05, 0.1) is 0 Å². The average molecular weight is 303 g/mol. The highest BCUT2D eigenvalue weighted by molar-refractivity contribution is 5.49. The topological polar surface area (TPSA) is 20.2 Å². The third-order valence-corrected chi connectivity index (χ3v) is 5.10. The molecule has 1 nitrogen and oxygen atoms in total. The summed E-state index contributed by atoms with van der Waals surface area (Å²) in [6.07, 6.45) is 8.11. The maximum Gasteiger partial charge on any atom is 0.123 e.